The summed E-state index contributed by atoms with van der Waals surface area (Å²) in [5.74, 6) is 0.809. The number of hydrogen-bond donors (Lipinski definition) is 0. The van der Waals surface area contributed by atoms with Crippen LogP contribution in [0.15, 0.2) is 66.4 Å². The van der Waals surface area contributed by atoms with Crippen molar-refractivity contribution < 1.29 is 14.3 Å². The van der Waals surface area contributed by atoms with Crippen LogP contribution in [0.5, 0.6) is 0 Å². The summed E-state index contributed by atoms with van der Waals surface area (Å²) < 4.78 is 7.33. The Morgan fingerprint density at radius 2 is 1.85 bits per heavy atom. The first-order chi connectivity index (χ1) is 19.1. The molecular weight excluding hydrogens is 498 g/mol. The number of carbonyl (C=O) groups excluding carboxylic acids is 2. The first kappa shape index (κ1) is 32.8. The molecule has 6 nitrogen and oxygen atoms in total. The zero-order valence-electron chi connectivity index (χ0n) is 26.0. The highest BCUT2D eigenvalue weighted by molar-refractivity contribution is 5.76. The van der Waals surface area contributed by atoms with Gasteiger partial charge in [-0.25, -0.2) is 4.79 Å². The zero-order chi connectivity index (χ0) is 29.9. The molecule has 40 heavy (non-hydrogen) atoms. The molecule has 1 amide bonds. The summed E-state index contributed by atoms with van der Waals surface area (Å²) in [6.45, 7) is 17.0. The highest BCUT2D eigenvalue weighted by Crippen LogP contribution is 2.39. The average molecular weight is 548 g/mol. The molecule has 0 saturated carbocycles. The van der Waals surface area contributed by atoms with Gasteiger partial charge in [-0.15, -0.1) is 0 Å². The van der Waals surface area contributed by atoms with Crippen molar-refractivity contribution in [2.45, 2.75) is 67.0 Å². The molecule has 3 atom stereocenters. The molecule has 0 N–H and O–H groups in total. The molecule has 0 radical (unpaired) electrons. The zero-order valence-corrected chi connectivity index (χ0v) is 26.0. The molecule has 1 aliphatic heterocycles. The molecule has 3 unspecified atom stereocenters. The van der Waals surface area contributed by atoms with Gasteiger partial charge in [0.25, 0.3) is 0 Å². The van der Waals surface area contributed by atoms with Crippen molar-refractivity contribution in [1.82, 2.24) is 14.4 Å². The third kappa shape index (κ3) is 8.07. The number of carbonyl (C=O) groups is 2. The van der Waals surface area contributed by atoms with E-state index in [9.17, 15) is 9.59 Å². The van der Waals surface area contributed by atoms with Crippen LogP contribution in [-0.2, 0) is 22.6 Å². The van der Waals surface area contributed by atoms with Crippen molar-refractivity contribution in [2.75, 3.05) is 27.2 Å². The Hall–Kier alpha value is -3.38. The maximum absolute atomic E-state index is 13.0. The van der Waals surface area contributed by atoms with E-state index in [-0.39, 0.29) is 18.2 Å². The Kier molecular flexibility index (Phi) is 12.7. The van der Waals surface area contributed by atoms with Crippen molar-refractivity contribution in [2.24, 2.45) is 11.8 Å². The fourth-order valence-corrected chi connectivity index (χ4v) is 5.18. The van der Waals surface area contributed by atoms with Crippen molar-refractivity contribution in [1.29, 1.82) is 0 Å². The molecule has 2 bridgehead atoms. The van der Waals surface area contributed by atoms with E-state index in [1.165, 1.54) is 11.1 Å². The Balaban J connectivity index is 0.000000622. The molecular formula is C34H49N3O3. The molecule has 2 heterocycles. The van der Waals surface area contributed by atoms with Crippen LogP contribution in [0.25, 0.3) is 6.08 Å². The predicted molar refractivity (Wildman–Crippen MR) is 166 cm³/mol. The molecule has 6 heteroatoms. The van der Waals surface area contributed by atoms with E-state index < -0.39 is 0 Å². The number of rotatable bonds is 4. The van der Waals surface area contributed by atoms with Gasteiger partial charge in [-0.1, -0.05) is 81.0 Å². The fraction of sp³-hybridized carbons (Fsp3) is 0.471. The summed E-state index contributed by atoms with van der Waals surface area (Å²) in [5.41, 5.74) is 5.45. The molecule has 2 aromatic rings. The summed E-state index contributed by atoms with van der Waals surface area (Å²) in [5, 5.41) is 0. The first-order valence-electron chi connectivity index (χ1n) is 14.4. The van der Waals surface area contributed by atoms with E-state index in [2.05, 4.69) is 63.9 Å². The predicted octanol–water partition coefficient (Wildman–Crippen LogP) is 7.13. The van der Waals surface area contributed by atoms with Gasteiger partial charge in [0.1, 0.15) is 6.61 Å². The maximum atomic E-state index is 13.0. The average Bonchev–Trinajstić information content (AvgIpc) is 3.20. The number of allylic oxidation sites excluding steroid dienone is 2. The fourth-order valence-electron chi connectivity index (χ4n) is 5.18. The third-order valence-electron chi connectivity index (χ3n) is 7.88. The Morgan fingerprint density at radius 1 is 1.18 bits per heavy atom. The minimum absolute atomic E-state index is 0.0881. The van der Waals surface area contributed by atoms with Gasteiger partial charge in [0.2, 0.25) is 6.41 Å². The number of amides is 1. The van der Waals surface area contributed by atoms with E-state index in [0.29, 0.717) is 11.8 Å². The van der Waals surface area contributed by atoms with E-state index in [0.717, 1.165) is 42.7 Å². The number of hydrogen-bond acceptors (Lipinski definition) is 4. The molecule has 1 aliphatic carbocycles. The van der Waals surface area contributed by atoms with Crippen molar-refractivity contribution >= 4 is 18.6 Å². The second kappa shape index (κ2) is 15.4. The van der Waals surface area contributed by atoms with Gasteiger partial charge in [-0.05, 0) is 69.8 Å². The number of benzene rings is 1. The lowest BCUT2D eigenvalue weighted by Crippen LogP contribution is -2.51. The number of nitrogens with zero attached hydrogens (tertiary/aromatic N) is 3. The Morgan fingerprint density at radius 3 is 2.45 bits per heavy atom. The highest BCUT2D eigenvalue weighted by Gasteiger charge is 2.40. The van der Waals surface area contributed by atoms with Gasteiger partial charge < -0.3 is 9.64 Å². The van der Waals surface area contributed by atoms with Crippen LogP contribution < -0.4 is 0 Å². The van der Waals surface area contributed by atoms with Crippen LogP contribution in [0, 0.1) is 18.8 Å². The van der Waals surface area contributed by atoms with E-state index in [1.807, 2.05) is 63.4 Å². The van der Waals surface area contributed by atoms with Crippen molar-refractivity contribution in [3.8, 4) is 0 Å². The lowest BCUT2D eigenvalue weighted by Gasteiger charge is -2.44. The number of aromatic nitrogens is 1. The van der Waals surface area contributed by atoms with Crippen LogP contribution in [0.1, 0.15) is 63.9 Å². The SMILES string of the molecule is C/C1=C\C=C/c2c(C)c(cn2C(=O)OCc2ccccc2)CC2(C)C1C=CC(C)CN2C.CC.CCN(C)C=O. The van der Waals surface area contributed by atoms with E-state index >= 15 is 0 Å². The molecule has 0 fully saturated rings. The van der Waals surface area contributed by atoms with Crippen molar-refractivity contribution in [3.05, 3.63) is 88.8 Å². The summed E-state index contributed by atoms with van der Waals surface area (Å²) in [7, 11) is 3.97. The quantitative estimate of drug-likeness (QED) is 0.302. The van der Waals surface area contributed by atoms with Crippen LogP contribution in [0.3, 0.4) is 0 Å². The molecule has 0 saturated heterocycles. The van der Waals surface area contributed by atoms with Gasteiger partial charge in [0, 0.05) is 37.8 Å². The molecule has 0 spiro atoms. The molecule has 1 aromatic heterocycles. The minimum atomic E-state index is -0.341. The van der Waals surface area contributed by atoms with Gasteiger partial charge >= 0.3 is 6.09 Å². The van der Waals surface area contributed by atoms with Gasteiger partial charge in [0.05, 0.1) is 5.69 Å². The second-order valence-electron chi connectivity index (χ2n) is 10.8. The monoisotopic (exact) mass is 547 g/mol. The summed E-state index contributed by atoms with van der Waals surface area (Å²) >= 11 is 0. The van der Waals surface area contributed by atoms with Crippen LogP contribution in [0.2, 0.25) is 0 Å². The van der Waals surface area contributed by atoms with E-state index in [1.54, 1.807) is 16.5 Å². The smallest absolute Gasteiger partial charge is 0.418 e. The number of ether oxygens (including phenoxy) is 1. The van der Waals surface area contributed by atoms with Gasteiger partial charge in [-0.2, -0.15) is 0 Å². The minimum Gasteiger partial charge on any atom is -0.444 e. The Bertz CT molecular complexity index is 1190. The van der Waals surface area contributed by atoms with Crippen LogP contribution in [-0.4, -0.2) is 59.6 Å². The maximum Gasteiger partial charge on any atom is 0.418 e. The topological polar surface area (TPSA) is 54.8 Å². The lowest BCUT2D eigenvalue weighted by atomic mass is 9.75. The van der Waals surface area contributed by atoms with E-state index in [4.69, 9.17) is 4.74 Å². The molecule has 4 rings (SSSR count). The Labute approximate surface area is 242 Å². The second-order valence-corrected chi connectivity index (χ2v) is 10.8. The third-order valence-corrected chi connectivity index (χ3v) is 7.88. The first-order valence-corrected chi connectivity index (χ1v) is 14.4. The summed E-state index contributed by atoms with van der Waals surface area (Å²) in [6.07, 6.45) is 14.3. The van der Waals surface area contributed by atoms with Gasteiger partial charge in [-0.3, -0.25) is 14.3 Å². The molecule has 1 aromatic carbocycles. The number of fused-ring (bicyclic) bond motifs is 3. The summed E-state index contributed by atoms with van der Waals surface area (Å²) in [4.78, 5) is 26.8. The molecule has 2 aliphatic rings. The van der Waals surface area contributed by atoms with Gasteiger partial charge in [0.15, 0.2) is 0 Å². The standard InChI is InChI=1S/C28H34N2O2.C4H9NO.C2H6/c1-20-14-15-25-21(2)10-9-13-26-22(3)24(16-28(25,4)29(5)17-20)18-30(26)27(31)32-19-23-11-7-6-8-12-23;1-3-5(2)4-6;1-2/h6-15,18,20,25H,16-17,19H2,1-5H3;4H,3H2,1-2H3;1-2H3/b13-9-,21-10+;;. The molecule has 218 valence electrons. The highest BCUT2D eigenvalue weighted by atomic mass is 16.5. The normalized spacial score (nSPS) is 23.9. The lowest BCUT2D eigenvalue weighted by molar-refractivity contribution is -0.116. The largest absolute Gasteiger partial charge is 0.444 e. The number of likely N-dealkylation sites (N-methyl/N-ethyl adjacent to an activating group) is 1. The summed E-state index contributed by atoms with van der Waals surface area (Å²) in [6, 6.07) is 9.80. The van der Waals surface area contributed by atoms with Crippen molar-refractivity contribution in [3.63, 3.8) is 0 Å². The van der Waals surface area contributed by atoms with Crippen LogP contribution in [0.4, 0.5) is 4.79 Å². The van der Waals surface area contributed by atoms with Crippen LogP contribution >= 0.6 is 0 Å².